The highest BCUT2D eigenvalue weighted by Crippen LogP contribution is 2.26. The Labute approximate surface area is 143 Å². The number of amidine groups is 1. The second-order valence-corrected chi connectivity index (χ2v) is 5.77. The van der Waals surface area contributed by atoms with E-state index >= 15 is 0 Å². The van der Waals surface area contributed by atoms with Crippen molar-refractivity contribution in [3.05, 3.63) is 71.3 Å². The van der Waals surface area contributed by atoms with Crippen LogP contribution in [0.25, 0.3) is 0 Å². The minimum Gasteiger partial charge on any atom is -0.466 e. The van der Waals surface area contributed by atoms with Crippen molar-refractivity contribution in [1.82, 2.24) is 0 Å². The van der Waals surface area contributed by atoms with Gasteiger partial charge >= 0.3 is 5.97 Å². The maximum Gasteiger partial charge on any atom is 0.306 e. The fourth-order valence-corrected chi connectivity index (χ4v) is 2.75. The van der Waals surface area contributed by atoms with Crippen LogP contribution in [0.4, 0.5) is 0 Å². The van der Waals surface area contributed by atoms with Gasteiger partial charge in [-0.1, -0.05) is 48.5 Å². The van der Waals surface area contributed by atoms with Gasteiger partial charge in [0.2, 0.25) is 0 Å². The van der Waals surface area contributed by atoms with E-state index in [-0.39, 0.29) is 17.7 Å². The summed E-state index contributed by atoms with van der Waals surface area (Å²) in [6, 6.07) is 17.8. The average molecular weight is 324 g/mol. The van der Waals surface area contributed by atoms with Gasteiger partial charge < -0.3 is 10.5 Å². The topological polar surface area (TPSA) is 76.2 Å². The molecular formula is C20H24N2O2. The molecule has 0 heterocycles. The van der Waals surface area contributed by atoms with Gasteiger partial charge in [-0.15, -0.1) is 0 Å². The van der Waals surface area contributed by atoms with Crippen LogP contribution in [0.15, 0.2) is 54.6 Å². The number of nitrogens with two attached hydrogens (primary N) is 1. The van der Waals surface area contributed by atoms with Crippen molar-refractivity contribution in [2.24, 2.45) is 5.73 Å². The first-order chi connectivity index (χ1) is 11.6. The summed E-state index contributed by atoms with van der Waals surface area (Å²) in [4.78, 5) is 12.0. The molecule has 2 rings (SSSR count). The van der Waals surface area contributed by atoms with E-state index in [1.807, 2.05) is 49.4 Å². The summed E-state index contributed by atoms with van der Waals surface area (Å²) >= 11 is 0. The van der Waals surface area contributed by atoms with Crippen molar-refractivity contribution in [3.63, 3.8) is 0 Å². The Balaban J connectivity index is 2.16. The molecule has 3 N–H and O–H groups in total. The fraction of sp³-hybridized carbons (Fsp3) is 0.300. The molecule has 0 aliphatic rings. The lowest BCUT2D eigenvalue weighted by atomic mass is 9.88. The van der Waals surface area contributed by atoms with E-state index in [1.54, 1.807) is 0 Å². The second kappa shape index (κ2) is 8.87. The van der Waals surface area contributed by atoms with Gasteiger partial charge in [-0.05, 0) is 42.9 Å². The van der Waals surface area contributed by atoms with Crippen LogP contribution >= 0.6 is 0 Å². The van der Waals surface area contributed by atoms with Crippen molar-refractivity contribution in [2.45, 2.75) is 32.1 Å². The van der Waals surface area contributed by atoms with Crippen LogP contribution in [0.5, 0.6) is 0 Å². The number of aryl methyl sites for hydroxylation is 1. The molecule has 0 amide bonds. The van der Waals surface area contributed by atoms with E-state index in [2.05, 4.69) is 12.1 Å². The molecule has 0 saturated carbocycles. The van der Waals surface area contributed by atoms with Crippen LogP contribution in [0, 0.1) is 5.41 Å². The van der Waals surface area contributed by atoms with E-state index in [0.717, 1.165) is 18.4 Å². The number of benzene rings is 2. The third-order valence-corrected chi connectivity index (χ3v) is 4.01. The predicted molar refractivity (Wildman–Crippen MR) is 96.2 cm³/mol. The lowest BCUT2D eigenvalue weighted by Gasteiger charge is -2.17. The van der Waals surface area contributed by atoms with E-state index in [4.69, 9.17) is 15.9 Å². The number of esters is 1. The Morgan fingerprint density at radius 1 is 1.17 bits per heavy atom. The Hall–Kier alpha value is -2.62. The summed E-state index contributed by atoms with van der Waals surface area (Å²) in [6.07, 6.45) is 2.06. The van der Waals surface area contributed by atoms with E-state index in [0.29, 0.717) is 18.6 Å². The van der Waals surface area contributed by atoms with Crippen LogP contribution in [-0.2, 0) is 16.0 Å². The maximum absolute atomic E-state index is 12.0. The van der Waals surface area contributed by atoms with Crippen LogP contribution in [0.1, 0.15) is 42.4 Å². The smallest absolute Gasteiger partial charge is 0.306 e. The Bertz CT molecular complexity index is 683. The minimum atomic E-state index is -0.191. The van der Waals surface area contributed by atoms with Crippen molar-refractivity contribution in [3.8, 4) is 0 Å². The number of nitrogen functional groups attached to an aromatic ring is 1. The first-order valence-electron chi connectivity index (χ1n) is 8.24. The third-order valence-electron chi connectivity index (χ3n) is 4.01. The largest absolute Gasteiger partial charge is 0.466 e. The molecule has 2 aromatic carbocycles. The van der Waals surface area contributed by atoms with Crippen LogP contribution < -0.4 is 5.73 Å². The summed E-state index contributed by atoms with van der Waals surface area (Å²) < 4.78 is 5.12. The number of hydrogen-bond donors (Lipinski definition) is 2. The summed E-state index contributed by atoms with van der Waals surface area (Å²) in [7, 11) is 0. The highest BCUT2D eigenvalue weighted by molar-refractivity contribution is 5.95. The van der Waals surface area contributed by atoms with Gasteiger partial charge in [0.15, 0.2) is 0 Å². The standard InChI is InChI=1S/C20H24N2O2/c1-2-24-19(23)14-17(12-11-15-7-4-3-5-8-15)16-9-6-10-18(13-16)20(21)22/h3-10,13,17H,2,11-12,14H2,1H3,(H3,21,22)/t17-/m1/s1. The number of ether oxygens (including phenoxy) is 1. The summed E-state index contributed by atoms with van der Waals surface area (Å²) in [5.41, 5.74) is 8.53. The van der Waals surface area contributed by atoms with Crippen molar-refractivity contribution < 1.29 is 9.53 Å². The molecule has 0 spiro atoms. The van der Waals surface area contributed by atoms with Gasteiger partial charge in [-0.3, -0.25) is 10.2 Å². The molecule has 1 atom stereocenters. The lowest BCUT2D eigenvalue weighted by Crippen LogP contribution is -2.14. The molecule has 4 heteroatoms. The molecular weight excluding hydrogens is 300 g/mol. The van der Waals surface area contributed by atoms with Crippen molar-refractivity contribution in [2.75, 3.05) is 6.61 Å². The maximum atomic E-state index is 12.0. The first-order valence-corrected chi connectivity index (χ1v) is 8.24. The zero-order valence-corrected chi connectivity index (χ0v) is 14.0. The average Bonchev–Trinajstić information content (AvgIpc) is 2.60. The van der Waals surface area contributed by atoms with Crippen LogP contribution in [-0.4, -0.2) is 18.4 Å². The quantitative estimate of drug-likeness (QED) is 0.442. The predicted octanol–water partition coefficient (Wildman–Crippen LogP) is 3.64. The normalized spacial score (nSPS) is 11.7. The lowest BCUT2D eigenvalue weighted by molar-refractivity contribution is -0.143. The molecule has 24 heavy (non-hydrogen) atoms. The SMILES string of the molecule is CCOC(=O)C[C@@H](CCc1ccccc1)c1cccc(C(=N)N)c1. The van der Waals surface area contributed by atoms with E-state index in [9.17, 15) is 4.79 Å². The number of carbonyl (C=O) groups is 1. The number of carbonyl (C=O) groups excluding carboxylic acids is 1. The summed E-state index contributed by atoms with van der Waals surface area (Å²) in [5, 5.41) is 7.60. The van der Waals surface area contributed by atoms with Gasteiger partial charge in [0, 0.05) is 5.56 Å². The molecule has 0 bridgehead atoms. The van der Waals surface area contributed by atoms with Gasteiger partial charge in [0.25, 0.3) is 0 Å². The van der Waals surface area contributed by atoms with Gasteiger partial charge in [0.1, 0.15) is 5.84 Å². The first kappa shape index (κ1) is 17.7. The zero-order valence-electron chi connectivity index (χ0n) is 14.0. The molecule has 126 valence electrons. The van der Waals surface area contributed by atoms with Gasteiger partial charge in [0.05, 0.1) is 13.0 Å². The van der Waals surface area contributed by atoms with Gasteiger partial charge in [-0.2, -0.15) is 0 Å². The Morgan fingerprint density at radius 3 is 2.58 bits per heavy atom. The van der Waals surface area contributed by atoms with Crippen molar-refractivity contribution in [1.29, 1.82) is 5.41 Å². The monoisotopic (exact) mass is 324 g/mol. The number of nitrogens with one attached hydrogen (secondary N) is 1. The number of rotatable bonds is 8. The van der Waals surface area contributed by atoms with Crippen LogP contribution in [0.3, 0.4) is 0 Å². The van der Waals surface area contributed by atoms with Gasteiger partial charge in [-0.25, -0.2) is 0 Å². The highest BCUT2D eigenvalue weighted by atomic mass is 16.5. The minimum absolute atomic E-state index is 0.0368. The number of hydrogen-bond acceptors (Lipinski definition) is 3. The molecule has 0 unspecified atom stereocenters. The van der Waals surface area contributed by atoms with E-state index < -0.39 is 0 Å². The highest BCUT2D eigenvalue weighted by Gasteiger charge is 2.18. The van der Waals surface area contributed by atoms with Crippen LogP contribution in [0.2, 0.25) is 0 Å². The zero-order chi connectivity index (χ0) is 17.4. The van der Waals surface area contributed by atoms with E-state index in [1.165, 1.54) is 5.56 Å². The molecule has 0 aliphatic carbocycles. The second-order valence-electron chi connectivity index (χ2n) is 5.77. The molecule has 4 nitrogen and oxygen atoms in total. The Morgan fingerprint density at radius 2 is 1.92 bits per heavy atom. The molecule has 0 aromatic heterocycles. The molecule has 0 radical (unpaired) electrons. The molecule has 2 aromatic rings. The fourth-order valence-electron chi connectivity index (χ4n) is 2.75. The molecule has 0 aliphatic heterocycles. The molecule has 0 saturated heterocycles. The van der Waals surface area contributed by atoms with Crippen molar-refractivity contribution >= 4 is 11.8 Å². The third kappa shape index (κ3) is 5.23. The molecule has 0 fully saturated rings. The Kier molecular flexibility index (Phi) is 6.55. The summed E-state index contributed by atoms with van der Waals surface area (Å²) in [5.74, 6) is -0.109. The summed E-state index contributed by atoms with van der Waals surface area (Å²) in [6.45, 7) is 2.20.